The van der Waals surface area contributed by atoms with Gasteiger partial charge < -0.3 is 15.2 Å². The molecule has 0 saturated heterocycles. The van der Waals surface area contributed by atoms with Crippen molar-refractivity contribution >= 4 is 21.6 Å². The normalized spacial score (nSPS) is 11.5. The average molecular weight is 351 g/mol. The van der Waals surface area contributed by atoms with Gasteiger partial charge in [-0.05, 0) is 51.8 Å². The van der Waals surface area contributed by atoms with Gasteiger partial charge in [-0.25, -0.2) is 4.39 Å². The van der Waals surface area contributed by atoms with Crippen molar-refractivity contribution in [2.24, 2.45) is 0 Å². The number of phenols is 1. The first-order chi connectivity index (χ1) is 10.0. The van der Waals surface area contributed by atoms with E-state index in [2.05, 4.69) is 27.3 Å². The highest BCUT2D eigenvalue weighted by molar-refractivity contribution is 9.10. The molecule has 4 nitrogen and oxygen atoms in total. The van der Waals surface area contributed by atoms with Crippen LogP contribution in [-0.4, -0.2) is 12.2 Å². The molecule has 0 bridgehead atoms. The molecule has 1 atom stereocenters. The van der Waals surface area contributed by atoms with E-state index in [-0.39, 0.29) is 17.3 Å². The molecule has 0 heterocycles. The summed E-state index contributed by atoms with van der Waals surface area (Å²) in [5.41, 5.74) is 1.08. The van der Waals surface area contributed by atoms with Crippen molar-refractivity contribution in [1.82, 2.24) is 0 Å². The second-order valence-electron chi connectivity index (χ2n) is 4.27. The highest BCUT2D eigenvalue weighted by Crippen LogP contribution is 2.37. The van der Waals surface area contributed by atoms with Crippen molar-refractivity contribution in [1.29, 1.82) is 5.26 Å². The standard InChI is InChI=1S/C15H12BrFN2O2/c1-21-14-6-9(5-12(16)15(14)20)13(8-18)19-11-4-2-3-10(17)7-11/h2-7,13,19-20H,1H3. The van der Waals surface area contributed by atoms with Crippen molar-refractivity contribution in [3.63, 3.8) is 0 Å². The van der Waals surface area contributed by atoms with Crippen LogP contribution in [-0.2, 0) is 0 Å². The van der Waals surface area contributed by atoms with E-state index in [1.807, 2.05) is 0 Å². The number of hydrogen-bond donors (Lipinski definition) is 2. The Morgan fingerprint density at radius 3 is 2.76 bits per heavy atom. The molecule has 6 heteroatoms. The Kier molecular flexibility index (Phi) is 4.66. The molecule has 0 amide bonds. The highest BCUT2D eigenvalue weighted by atomic mass is 79.9. The van der Waals surface area contributed by atoms with Crippen LogP contribution < -0.4 is 10.1 Å². The first-order valence-electron chi connectivity index (χ1n) is 6.03. The summed E-state index contributed by atoms with van der Waals surface area (Å²) in [7, 11) is 1.42. The lowest BCUT2D eigenvalue weighted by molar-refractivity contribution is 0.371. The molecule has 108 valence electrons. The number of anilines is 1. The first-order valence-corrected chi connectivity index (χ1v) is 6.82. The second-order valence-corrected chi connectivity index (χ2v) is 5.12. The average Bonchev–Trinajstić information content (AvgIpc) is 2.47. The number of phenolic OH excluding ortho intramolecular Hbond substituents is 1. The van der Waals surface area contributed by atoms with Gasteiger partial charge in [-0.2, -0.15) is 5.26 Å². The minimum atomic E-state index is -0.711. The molecule has 0 fully saturated rings. The van der Waals surface area contributed by atoms with Crippen molar-refractivity contribution in [3.05, 3.63) is 52.3 Å². The quantitative estimate of drug-likeness (QED) is 0.875. The lowest BCUT2D eigenvalue weighted by Gasteiger charge is -2.15. The molecule has 0 aromatic heterocycles. The zero-order valence-electron chi connectivity index (χ0n) is 11.1. The Morgan fingerprint density at radius 2 is 2.14 bits per heavy atom. The molecule has 2 aromatic rings. The second kappa shape index (κ2) is 6.46. The third kappa shape index (κ3) is 3.44. The molecule has 0 aliphatic carbocycles. The van der Waals surface area contributed by atoms with E-state index < -0.39 is 6.04 Å². The van der Waals surface area contributed by atoms with Gasteiger partial charge in [0.15, 0.2) is 11.5 Å². The summed E-state index contributed by atoms with van der Waals surface area (Å²) in [5.74, 6) is -0.175. The van der Waals surface area contributed by atoms with Crippen LogP contribution in [0.1, 0.15) is 11.6 Å². The number of benzene rings is 2. The van der Waals surface area contributed by atoms with E-state index in [1.54, 1.807) is 24.3 Å². The molecular weight excluding hydrogens is 339 g/mol. The van der Waals surface area contributed by atoms with E-state index in [4.69, 9.17) is 4.74 Å². The lowest BCUT2D eigenvalue weighted by Crippen LogP contribution is -2.09. The molecule has 0 aliphatic heterocycles. The van der Waals surface area contributed by atoms with Crippen molar-refractivity contribution in [2.75, 3.05) is 12.4 Å². The molecule has 21 heavy (non-hydrogen) atoms. The number of nitrogens with one attached hydrogen (secondary N) is 1. The van der Waals surface area contributed by atoms with Crippen molar-refractivity contribution in [2.45, 2.75) is 6.04 Å². The van der Waals surface area contributed by atoms with Crippen LogP contribution in [0.25, 0.3) is 0 Å². The number of nitrogens with zero attached hydrogens (tertiary/aromatic N) is 1. The third-order valence-corrected chi connectivity index (χ3v) is 3.47. The van der Waals surface area contributed by atoms with Gasteiger partial charge in [0.05, 0.1) is 17.7 Å². The predicted molar refractivity (Wildman–Crippen MR) is 80.7 cm³/mol. The van der Waals surface area contributed by atoms with Crippen LogP contribution >= 0.6 is 15.9 Å². The van der Waals surface area contributed by atoms with Crippen LogP contribution in [0.4, 0.5) is 10.1 Å². The Hall–Kier alpha value is -2.26. The fraction of sp³-hybridized carbons (Fsp3) is 0.133. The number of nitriles is 1. The minimum absolute atomic E-state index is 0.0382. The van der Waals surface area contributed by atoms with Gasteiger partial charge in [0, 0.05) is 5.69 Å². The molecule has 2 N–H and O–H groups in total. The smallest absolute Gasteiger partial charge is 0.172 e. The van der Waals surface area contributed by atoms with Crippen LogP contribution in [0.3, 0.4) is 0 Å². The summed E-state index contributed by atoms with van der Waals surface area (Å²) in [4.78, 5) is 0. The number of aromatic hydroxyl groups is 1. The van der Waals surface area contributed by atoms with Crippen LogP contribution in [0.15, 0.2) is 40.9 Å². The fourth-order valence-corrected chi connectivity index (χ4v) is 2.31. The summed E-state index contributed by atoms with van der Waals surface area (Å²) in [6.45, 7) is 0. The Morgan fingerprint density at radius 1 is 1.38 bits per heavy atom. The van der Waals surface area contributed by atoms with Crippen LogP contribution in [0, 0.1) is 17.1 Å². The maximum Gasteiger partial charge on any atom is 0.172 e. The van der Waals surface area contributed by atoms with E-state index in [9.17, 15) is 14.8 Å². The zero-order valence-corrected chi connectivity index (χ0v) is 12.7. The van der Waals surface area contributed by atoms with Gasteiger partial charge in [-0.3, -0.25) is 0 Å². The molecule has 0 aliphatic rings. The molecule has 1 unspecified atom stereocenters. The highest BCUT2D eigenvalue weighted by Gasteiger charge is 2.16. The van der Waals surface area contributed by atoms with Gasteiger partial charge in [-0.15, -0.1) is 0 Å². The monoisotopic (exact) mass is 350 g/mol. The van der Waals surface area contributed by atoms with Gasteiger partial charge in [-0.1, -0.05) is 6.07 Å². The van der Waals surface area contributed by atoms with Gasteiger partial charge in [0.2, 0.25) is 0 Å². The van der Waals surface area contributed by atoms with Crippen molar-refractivity contribution < 1.29 is 14.2 Å². The lowest BCUT2D eigenvalue weighted by atomic mass is 10.1. The molecule has 2 rings (SSSR count). The Bertz CT molecular complexity index is 701. The van der Waals surface area contributed by atoms with E-state index in [1.165, 1.54) is 19.2 Å². The summed E-state index contributed by atoms with van der Waals surface area (Å²) < 4.78 is 18.6. The largest absolute Gasteiger partial charge is 0.503 e. The number of hydrogen-bond acceptors (Lipinski definition) is 4. The SMILES string of the molecule is COc1cc(C(C#N)Nc2cccc(F)c2)cc(Br)c1O. The number of rotatable bonds is 4. The Labute approximate surface area is 129 Å². The zero-order chi connectivity index (χ0) is 15.4. The van der Waals surface area contributed by atoms with Gasteiger partial charge in [0.1, 0.15) is 11.9 Å². The fourth-order valence-electron chi connectivity index (χ4n) is 1.85. The molecule has 2 aromatic carbocycles. The molecule has 0 spiro atoms. The van der Waals surface area contributed by atoms with Gasteiger partial charge in [0.25, 0.3) is 0 Å². The van der Waals surface area contributed by atoms with E-state index in [0.29, 0.717) is 15.7 Å². The maximum absolute atomic E-state index is 13.2. The Balaban J connectivity index is 2.34. The number of halogens is 2. The van der Waals surface area contributed by atoms with E-state index in [0.717, 1.165) is 0 Å². The third-order valence-electron chi connectivity index (χ3n) is 2.87. The minimum Gasteiger partial charge on any atom is -0.503 e. The summed E-state index contributed by atoms with van der Waals surface area (Å²) in [6, 6.07) is 10.4. The van der Waals surface area contributed by atoms with Gasteiger partial charge >= 0.3 is 0 Å². The molecule has 0 saturated carbocycles. The van der Waals surface area contributed by atoms with E-state index >= 15 is 0 Å². The summed E-state index contributed by atoms with van der Waals surface area (Å²) >= 11 is 3.21. The topological polar surface area (TPSA) is 65.3 Å². The van der Waals surface area contributed by atoms with Crippen LogP contribution in [0.2, 0.25) is 0 Å². The maximum atomic E-state index is 13.2. The summed E-state index contributed by atoms with van der Waals surface area (Å²) in [6.07, 6.45) is 0. The van der Waals surface area contributed by atoms with Crippen LogP contribution in [0.5, 0.6) is 11.5 Å². The number of ether oxygens (including phenoxy) is 1. The van der Waals surface area contributed by atoms with Crippen molar-refractivity contribution in [3.8, 4) is 17.6 Å². The predicted octanol–water partition coefficient (Wildman–Crippen LogP) is 3.98. The number of methoxy groups -OCH3 is 1. The summed E-state index contributed by atoms with van der Waals surface area (Å²) in [5, 5.41) is 22.0. The molecular formula is C15H12BrFN2O2. The molecule has 0 radical (unpaired) electrons. The first kappa shape index (κ1) is 15.1.